The summed E-state index contributed by atoms with van der Waals surface area (Å²) in [6, 6.07) is 9.91. The zero-order valence-corrected chi connectivity index (χ0v) is 14.0. The van der Waals surface area contributed by atoms with Crippen molar-refractivity contribution in [1.82, 2.24) is 10.3 Å². The van der Waals surface area contributed by atoms with E-state index in [-0.39, 0.29) is 17.5 Å². The number of para-hydroxylation sites is 1. The first-order chi connectivity index (χ1) is 11.6. The van der Waals surface area contributed by atoms with E-state index in [9.17, 15) is 9.59 Å². The number of pyridine rings is 1. The molecule has 2 amide bonds. The van der Waals surface area contributed by atoms with Crippen molar-refractivity contribution in [3.8, 4) is 0 Å². The summed E-state index contributed by atoms with van der Waals surface area (Å²) in [4.78, 5) is 28.3. The van der Waals surface area contributed by atoms with Crippen molar-refractivity contribution in [2.24, 2.45) is 0 Å². The average molecular weight is 348 g/mol. The van der Waals surface area contributed by atoms with Crippen molar-refractivity contribution >= 4 is 29.1 Å². The SMILES string of the molecule is COCCCNC(=O)c1cc(C(=O)Nc2ccccc2Cl)ccn1. The van der Waals surface area contributed by atoms with E-state index in [0.29, 0.717) is 35.8 Å². The van der Waals surface area contributed by atoms with E-state index in [0.717, 1.165) is 0 Å². The molecule has 1 aromatic heterocycles. The van der Waals surface area contributed by atoms with Gasteiger partial charge in [0.05, 0.1) is 10.7 Å². The number of hydrogen-bond donors (Lipinski definition) is 2. The maximum Gasteiger partial charge on any atom is 0.269 e. The summed E-state index contributed by atoms with van der Waals surface area (Å²) in [5, 5.41) is 5.87. The summed E-state index contributed by atoms with van der Waals surface area (Å²) in [6.07, 6.45) is 2.13. The van der Waals surface area contributed by atoms with E-state index in [2.05, 4.69) is 15.6 Å². The molecule has 126 valence electrons. The van der Waals surface area contributed by atoms with Crippen LogP contribution in [-0.2, 0) is 4.74 Å². The molecule has 2 aromatic rings. The molecule has 6 nitrogen and oxygen atoms in total. The number of rotatable bonds is 7. The topological polar surface area (TPSA) is 80.3 Å². The van der Waals surface area contributed by atoms with Gasteiger partial charge in [0.2, 0.25) is 0 Å². The van der Waals surface area contributed by atoms with Gasteiger partial charge in [0.1, 0.15) is 5.69 Å². The third-order valence-corrected chi connectivity index (χ3v) is 3.52. The smallest absolute Gasteiger partial charge is 0.269 e. The number of anilines is 1. The van der Waals surface area contributed by atoms with Crippen LogP contribution >= 0.6 is 11.6 Å². The molecule has 2 N–H and O–H groups in total. The number of aromatic nitrogens is 1. The van der Waals surface area contributed by atoms with Gasteiger partial charge in [0.25, 0.3) is 11.8 Å². The van der Waals surface area contributed by atoms with Crippen LogP contribution in [0.1, 0.15) is 27.3 Å². The van der Waals surface area contributed by atoms with E-state index < -0.39 is 0 Å². The zero-order chi connectivity index (χ0) is 17.4. The average Bonchev–Trinajstić information content (AvgIpc) is 2.60. The van der Waals surface area contributed by atoms with E-state index in [4.69, 9.17) is 16.3 Å². The van der Waals surface area contributed by atoms with Gasteiger partial charge in [0, 0.05) is 32.0 Å². The van der Waals surface area contributed by atoms with Gasteiger partial charge in [-0.05, 0) is 30.7 Å². The number of nitrogens with zero attached hydrogens (tertiary/aromatic N) is 1. The Balaban J connectivity index is 2.02. The van der Waals surface area contributed by atoms with Gasteiger partial charge in [0.15, 0.2) is 0 Å². The van der Waals surface area contributed by atoms with Crippen LogP contribution < -0.4 is 10.6 Å². The number of hydrogen-bond acceptors (Lipinski definition) is 4. The highest BCUT2D eigenvalue weighted by atomic mass is 35.5. The van der Waals surface area contributed by atoms with Crippen LogP contribution in [0.25, 0.3) is 0 Å². The van der Waals surface area contributed by atoms with Crippen LogP contribution in [0, 0.1) is 0 Å². The molecular formula is C17H18ClN3O3. The van der Waals surface area contributed by atoms with E-state index in [1.54, 1.807) is 31.4 Å². The quantitative estimate of drug-likeness (QED) is 0.755. The Morgan fingerprint density at radius 1 is 1.21 bits per heavy atom. The van der Waals surface area contributed by atoms with E-state index >= 15 is 0 Å². The molecule has 0 spiro atoms. The normalized spacial score (nSPS) is 10.2. The fourth-order valence-electron chi connectivity index (χ4n) is 1.96. The lowest BCUT2D eigenvalue weighted by atomic mass is 10.2. The Bertz CT molecular complexity index is 722. The number of benzene rings is 1. The Labute approximate surface area is 145 Å². The molecule has 7 heteroatoms. The highest BCUT2D eigenvalue weighted by molar-refractivity contribution is 6.33. The van der Waals surface area contributed by atoms with Crippen LogP contribution in [0.5, 0.6) is 0 Å². The van der Waals surface area contributed by atoms with Crippen LogP contribution in [-0.4, -0.2) is 37.1 Å². The summed E-state index contributed by atoms with van der Waals surface area (Å²) in [5.41, 5.74) is 1.01. The molecule has 2 rings (SSSR count). The minimum absolute atomic E-state index is 0.180. The van der Waals surface area contributed by atoms with Gasteiger partial charge in [-0.3, -0.25) is 14.6 Å². The van der Waals surface area contributed by atoms with Crippen LogP contribution in [0.2, 0.25) is 5.02 Å². The van der Waals surface area contributed by atoms with Crippen LogP contribution in [0.15, 0.2) is 42.6 Å². The second-order valence-corrected chi connectivity index (χ2v) is 5.37. The largest absolute Gasteiger partial charge is 0.385 e. The number of amides is 2. The minimum Gasteiger partial charge on any atom is -0.385 e. The van der Waals surface area contributed by atoms with Gasteiger partial charge < -0.3 is 15.4 Å². The molecule has 0 aliphatic rings. The molecule has 0 fully saturated rings. The maximum atomic E-state index is 12.3. The molecule has 0 aliphatic heterocycles. The fraction of sp³-hybridized carbons (Fsp3) is 0.235. The van der Waals surface area contributed by atoms with Crippen LogP contribution in [0.3, 0.4) is 0 Å². The second-order valence-electron chi connectivity index (χ2n) is 4.97. The molecule has 0 radical (unpaired) electrons. The number of methoxy groups -OCH3 is 1. The summed E-state index contributed by atoms with van der Waals surface area (Å²) in [5.74, 6) is -0.697. The second kappa shape index (κ2) is 9.00. The number of carbonyl (C=O) groups excluding carboxylic acids is 2. The molecule has 24 heavy (non-hydrogen) atoms. The maximum absolute atomic E-state index is 12.3. The number of nitrogens with one attached hydrogen (secondary N) is 2. The molecule has 0 unspecified atom stereocenters. The Hall–Kier alpha value is -2.44. The molecule has 0 bridgehead atoms. The highest BCUT2D eigenvalue weighted by Gasteiger charge is 2.12. The summed E-state index contributed by atoms with van der Waals surface area (Å²) < 4.78 is 4.92. The predicted molar refractivity (Wildman–Crippen MR) is 92.5 cm³/mol. The monoisotopic (exact) mass is 347 g/mol. The number of halogens is 1. The van der Waals surface area contributed by atoms with Crippen molar-refractivity contribution in [1.29, 1.82) is 0 Å². The highest BCUT2D eigenvalue weighted by Crippen LogP contribution is 2.21. The number of ether oxygens (including phenoxy) is 1. The molecule has 0 atom stereocenters. The molecule has 1 heterocycles. The van der Waals surface area contributed by atoms with Gasteiger partial charge in [-0.1, -0.05) is 23.7 Å². The first kappa shape index (κ1) is 17.9. The molecule has 0 saturated heterocycles. The Kier molecular flexibility index (Phi) is 6.72. The molecule has 0 aliphatic carbocycles. The molecule has 0 saturated carbocycles. The first-order valence-corrected chi connectivity index (χ1v) is 7.78. The van der Waals surface area contributed by atoms with Gasteiger partial charge >= 0.3 is 0 Å². The van der Waals surface area contributed by atoms with Crippen molar-refractivity contribution in [2.75, 3.05) is 25.6 Å². The zero-order valence-electron chi connectivity index (χ0n) is 13.2. The third-order valence-electron chi connectivity index (χ3n) is 3.19. The Morgan fingerprint density at radius 3 is 2.75 bits per heavy atom. The lowest BCUT2D eigenvalue weighted by Crippen LogP contribution is -2.26. The molecule has 1 aromatic carbocycles. The first-order valence-electron chi connectivity index (χ1n) is 7.41. The molecular weight excluding hydrogens is 330 g/mol. The summed E-state index contributed by atoms with van der Waals surface area (Å²) in [7, 11) is 1.60. The lowest BCUT2D eigenvalue weighted by molar-refractivity contribution is 0.0943. The van der Waals surface area contributed by atoms with Gasteiger partial charge in [-0.15, -0.1) is 0 Å². The van der Waals surface area contributed by atoms with E-state index in [1.165, 1.54) is 18.3 Å². The van der Waals surface area contributed by atoms with Crippen molar-refractivity contribution in [2.45, 2.75) is 6.42 Å². The summed E-state index contributed by atoms with van der Waals surface area (Å²) >= 11 is 6.02. The fourth-order valence-corrected chi connectivity index (χ4v) is 2.14. The van der Waals surface area contributed by atoms with Crippen LogP contribution in [0.4, 0.5) is 5.69 Å². The van der Waals surface area contributed by atoms with Crippen molar-refractivity contribution < 1.29 is 14.3 Å². The summed E-state index contributed by atoms with van der Waals surface area (Å²) in [6.45, 7) is 1.04. The van der Waals surface area contributed by atoms with Gasteiger partial charge in [-0.25, -0.2) is 0 Å². The number of carbonyl (C=O) groups is 2. The Morgan fingerprint density at radius 2 is 2.00 bits per heavy atom. The van der Waals surface area contributed by atoms with Gasteiger partial charge in [-0.2, -0.15) is 0 Å². The third kappa shape index (κ3) is 5.04. The lowest BCUT2D eigenvalue weighted by Gasteiger charge is -2.08. The van der Waals surface area contributed by atoms with E-state index in [1.807, 2.05) is 0 Å². The van der Waals surface area contributed by atoms with Crippen molar-refractivity contribution in [3.05, 3.63) is 58.9 Å². The standard InChI is InChI=1S/C17H18ClN3O3/c1-24-10-4-8-20-17(23)15-11-12(7-9-19-15)16(22)21-14-6-3-2-5-13(14)18/h2-3,5-7,9,11H,4,8,10H2,1H3,(H,20,23)(H,21,22). The van der Waals surface area contributed by atoms with Crippen molar-refractivity contribution in [3.63, 3.8) is 0 Å². The predicted octanol–water partition coefficient (Wildman–Crippen LogP) is 2.75. The minimum atomic E-state index is -0.362.